The van der Waals surface area contributed by atoms with E-state index >= 15 is 0 Å². The van der Waals surface area contributed by atoms with Crippen molar-refractivity contribution in [2.45, 2.75) is 45.3 Å². The minimum Gasteiger partial charge on any atom is -0.508 e. The van der Waals surface area contributed by atoms with E-state index in [1.54, 1.807) is 13.2 Å². The van der Waals surface area contributed by atoms with Crippen molar-refractivity contribution >= 4 is 23.2 Å². The van der Waals surface area contributed by atoms with Gasteiger partial charge in [0.15, 0.2) is 11.4 Å². The van der Waals surface area contributed by atoms with Gasteiger partial charge in [-0.3, -0.25) is 14.4 Å². The summed E-state index contributed by atoms with van der Waals surface area (Å²) in [6, 6.07) is 8.94. The van der Waals surface area contributed by atoms with E-state index in [-0.39, 0.29) is 36.1 Å². The van der Waals surface area contributed by atoms with Crippen molar-refractivity contribution in [2.75, 3.05) is 13.7 Å². The summed E-state index contributed by atoms with van der Waals surface area (Å²) >= 11 is 0. The van der Waals surface area contributed by atoms with E-state index in [4.69, 9.17) is 10.5 Å². The SMILES string of the molecule is COc1ccc(CNCC(C)C)cc1-c1ccc(O)c2c1CC1CC3CC(=O)C(C(N)=O)=C(O)C3(O)C(=O)C1=C2O. The Morgan fingerprint density at radius 1 is 1.12 bits per heavy atom. The molecule has 0 aliphatic heterocycles. The number of aromatic hydroxyl groups is 1. The molecule has 0 heterocycles. The number of hydrogen-bond acceptors (Lipinski definition) is 9. The van der Waals surface area contributed by atoms with Crippen LogP contribution in [0.5, 0.6) is 11.5 Å². The van der Waals surface area contributed by atoms with Crippen molar-refractivity contribution in [3.63, 3.8) is 0 Å². The van der Waals surface area contributed by atoms with E-state index in [9.17, 15) is 34.8 Å². The predicted molar refractivity (Wildman–Crippen MR) is 150 cm³/mol. The standard InChI is InChI=1S/C31H34N2O8/c1-14(2)12-33-13-15-4-7-23(41-3)19(8-15)18-5-6-21(34)25-20(18)10-16-9-17-11-22(35)26(30(32)39)29(38)31(17,40)28(37)24(16)27(25)36/h4-8,14,16-17,33-34,36,38,40H,9-13H2,1-3H3,(H2,32,39). The number of Topliss-reactive ketones (excluding diaryl/α,β-unsaturated/α-hetero) is 2. The molecule has 5 rings (SSSR count). The normalized spacial score (nSPS) is 23.8. The van der Waals surface area contributed by atoms with Crippen LogP contribution in [0.3, 0.4) is 0 Å². The molecule has 7 N–H and O–H groups in total. The van der Waals surface area contributed by atoms with Crippen LogP contribution in [0.15, 0.2) is 47.2 Å². The number of methoxy groups -OCH3 is 1. The van der Waals surface area contributed by atoms with Gasteiger partial charge in [0.25, 0.3) is 5.91 Å². The lowest BCUT2D eigenvalue weighted by molar-refractivity contribution is -0.147. The molecular weight excluding hydrogens is 528 g/mol. The highest BCUT2D eigenvalue weighted by Gasteiger charge is 2.60. The molecule has 1 saturated carbocycles. The zero-order valence-corrected chi connectivity index (χ0v) is 23.2. The molecule has 3 atom stereocenters. The van der Waals surface area contributed by atoms with Crippen LogP contribution < -0.4 is 15.8 Å². The number of nitrogens with one attached hydrogen (secondary N) is 1. The van der Waals surface area contributed by atoms with E-state index in [0.29, 0.717) is 29.3 Å². The lowest BCUT2D eigenvalue weighted by Gasteiger charge is -2.46. The van der Waals surface area contributed by atoms with Gasteiger partial charge < -0.3 is 36.2 Å². The van der Waals surface area contributed by atoms with Crippen molar-refractivity contribution in [3.8, 4) is 22.6 Å². The summed E-state index contributed by atoms with van der Waals surface area (Å²) < 4.78 is 5.65. The average Bonchev–Trinajstić information content (AvgIpc) is 2.90. The number of phenols is 1. The summed E-state index contributed by atoms with van der Waals surface area (Å²) in [6.45, 7) is 5.71. The van der Waals surface area contributed by atoms with Crippen molar-refractivity contribution in [2.24, 2.45) is 23.5 Å². The highest BCUT2D eigenvalue weighted by molar-refractivity contribution is 6.22. The quantitative estimate of drug-likeness (QED) is 0.277. The van der Waals surface area contributed by atoms with Crippen molar-refractivity contribution < 1.29 is 39.5 Å². The van der Waals surface area contributed by atoms with Crippen LogP contribution in [0.4, 0.5) is 0 Å². The van der Waals surface area contributed by atoms with Gasteiger partial charge in [0.2, 0.25) is 5.78 Å². The third kappa shape index (κ3) is 4.47. The summed E-state index contributed by atoms with van der Waals surface area (Å²) in [7, 11) is 1.55. The van der Waals surface area contributed by atoms with Gasteiger partial charge in [-0.2, -0.15) is 0 Å². The smallest absolute Gasteiger partial charge is 0.255 e. The fourth-order valence-corrected chi connectivity index (χ4v) is 6.45. The molecule has 1 amide bonds. The van der Waals surface area contributed by atoms with Crippen LogP contribution >= 0.6 is 0 Å². The maximum atomic E-state index is 13.7. The summed E-state index contributed by atoms with van der Waals surface area (Å²) in [5.74, 6) is -5.49. The van der Waals surface area contributed by atoms with Crippen LogP contribution in [0.1, 0.15) is 43.4 Å². The van der Waals surface area contributed by atoms with Gasteiger partial charge in [-0.1, -0.05) is 26.0 Å². The fourth-order valence-electron chi connectivity index (χ4n) is 6.45. The molecular formula is C31H34N2O8. The van der Waals surface area contributed by atoms with Crippen molar-refractivity contribution in [1.29, 1.82) is 0 Å². The molecule has 10 heteroatoms. The molecule has 2 aromatic rings. The van der Waals surface area contributed by atoms with Gasteiger partial charge in [-0.25, -0.2) is 0 Å². The first-order valence-corrected chi connectivity index (χ1v) is 13.6. The molecule has 3 aliphatic carbocycles. The summed E-state index contributed by atoms with van der Waals surface area (Å²) in [6.07, 6.45) is -0.0977. The second-order valence-electron chi connectivity index (χ2n) is 11.5. The number of primary amides is 1. The van der Waals surface area contributed by atoms with Gasteiger partial charge in [-0.05, 0) is 66.1 Å². The number of aliphatic hydroxyl groups excluding tert-OH is 2. The average molecular weight is 563 g/mol. The molecule has 0 radical (unpaired) electrons. The largest absolute Gasteiger partial charge is 0.508 e. The molecule has 2 aromatic carbocycles. The minimum absolute atomic E-state index is 0.0417. The molecule has 1 fully saturated rings. The molecule has 0 aromatic heterocycles. The van der Waals surface area contributed by atoms with Gasteiger partial charge in [0.1, 0.15) is 28.6 Å². The van der Waals surface area contributed by atoms with E-state index in [1.807, 2.05) is 18.2 Å². The summed E-state index contributed by atoms with van der Waals surface area (Å²) in [4.78, 5) is 38.2. The second-order valence-corrected chi connectivity index (χ2v) is 11.5. The number of amides is 1. The maximum absolute atomic E-state index is 13.7. The second kappa shape index (κ2) is 10.4. The Kier molecular flexibility index (Phi) is 7.17. The Bertz CT molecular complexity index is 1540. The molecule has 0 saturated heterocycles. The van der Waals surface area contributed by atoms with Gasteiger partial charge >= 0.3 is 0 Å². The zero-order chi connectivity index (χ0) is 29.8. The number of phenolic OH excluding ortho intramolecular Hbond substituents is 1. The topological polar surface area (TPSA) is 179 Å². The Morgan fingerprint density at radius 3 is 2.51 bits per heavy atom. The fraction of sp³-hybridized carbons (Fsp3) is 0.387. The molecule has 10 nitrogen and oxygen atoms in total. The number of ether oxygens (including phenoxy) is 1. The van der Waals surface area contributed by atoms with E-state index < -0.39 is 52.0 Å². The van der Waals surface area contributed by atoms with Crippen LogP contribution in [0, 0.1) is 17.8 Å². The third-order valence-corrected chi connectivity index (χ3v) is 8.38. The van der Waals surface area contributed by atoms with Gasteiger partial charge in [0.05, 0.1) is 12.7 Å². The first-order chi connectivity index (χ1) is 19.4. The maximum Gasteiger partial charge on any atom is 0.255 e. The Hall–Kier alpha value is -4.15. The molecule has 3 aliphatic rings. The first-order valence-electron chi connectivity index (χ1n) is 13.6. The molecule has 0 spiro atoms. The number of carbonyl (C=O) groups excluding carboxylic acids is 3. The minimum atomic E-state index is -2.59. The number of hydrogen-bond donors (Lipinski definition) is 6. The highest BCUT2D eigenvalue weighted by Crippen LogP contribution is 2.53. The monoisotopic (exact) mass is 562 g/mol. The van der Waals surface area contributed by atoms with Gasteiger partial charge in [0, 0.05) is 30.0 Å². The van der Waals surface area contributed by atoms with Gasteiger partial charge in [-0.15, -0.1) is 0 Å². The Balaban J connectivity index is 1.64. The Labute approximate surface area is 237 Å². The Morgan fingerprint density at radius 2 is 1.85 bits per heavy atom. The number of nitrogens with two attached hydrogens (primary N) is 1. The lowest BCUT2D eigenvalue weighted by Crippen LogP contribution is -2.58. The van der Waals surface area contributed by atoms with Crippen LogP contribution in [-0.2, 0) is 27.3 Å². The van der Waals surface area contributed by atoms with Crippen LogP contribution in [-0.4, -0.2) is 57.2 Å². The third-order valence-electron chi connectivity index (χ3n) is 8.38. The molecule has 216 valence electrons. The summed E-state index contributed by atoms with van der Waals surface area (Å²) in [5, 5.41) is 47.9. The van der Waals surface area contributed by atoms with E-state index in [2.05, 4.69) is 19.2 Å². The molecule has 0 bridgehead atoms. The van der Waals surface area contributed by atoms with Crippen molar-refractivity contribution in [3.05, 3.63) is 63.9 Å². The number of benzene rings is 2. The lowest BCUT2D eigenvalue weighted by atomic mass is 9.59. The van der Waals surface area contributed by atoms with E-state index in [0.717, 1.165) is 17.7 Å². The van der Waals surface area contributed by atoms with Crippen molar-refractivity contribution in [1.82, 2.24) is 5.32 Å². The highest BCUT2D eigenvalue weighted by atomic mass is 16.5. The number of rotatable bonds is 7. The zero-order valence-electron chi connectivity index (χ0n) is 23.2. The van der Waals surface area contributed by atoms with Crippen LogP contribution in [0.25, 0.3) is 16.9 Å². The number of ketones is 2. The van der Waals surface area contributed by atoms with E-state index in [1.165, 1.54) is 6.07 Å². The number of fused-ring (bicyclic) bond motifs is 3. The first kappa shape index (κ1) is 28.4. The summed E-state index contributed by atoms with van der Waals surface area (Å²) in [5.41, 5.74) is 4.73. The molecule has 41 heavy (non-hydrogen) atoms. The molecule has 3 unspecified atom stereocenters. The number of aliphatic hydroxyl groups is 3. The number of carbonyl (C=O) groups is 3. The van der Waals surface area contributed by atoms with Crippen LogP contribution in [0.2, 0.25) is 0 Å². The predicted octanol–water partition coefficient (Wildman–Crippen LogP) is 2.85.